The molecule has 0 bridgehead atoms. The predicted molar refractivity (Wildman–Crippen MR) is 74.9 cm³/mol. The Morgan fingerprint density at radius 1 is 1.25 bits per heavy atom. The number of hydrogen-bond donors (Lipinski definition) is 0. The van der Waals surface area contributed by atoms with Gasteiger partial charge in [-0.15, -0.1) is 0 Å². The van der Waals surface area contributed by atoms with E-state index in [0.29, 0.717) is 13.1 Å². The van der Waals surface area contributed by atoms with Crippen molar-refractivity contribution in [3.05, 3.63) is 33.1 Å². The first-order chi connectivity index (χ1) is 9.59. The summed E-state index contributed by atoms with van der Waals surface area (Å²) in [5.41, 5.74) is -0.267. The van der Waals surface area contributed by atoms with Crippen LogP contribution in [-0.4, -0.2) is 33.8 Å². The summed E-state index contributed by atoms with van der Waals surface area (Å²) in [5.74, 6) is -0.331. The average molecular weight is 298 g/mol. The summed E-state index contributed by atoms with van der Waals surface area (Å²) in [6.07, 6.45) is 6.26. The molecule has 1 amide bonds. The number of likely N-dealkylation sites (tertiary alicyclic amines) is 1. The minimum Gasteiger partial charge on any atom is -0.338 e. The van der Waals surface area contributed by atoms with Crippen molar-refractivity contribution in [2.45, 2.75) is 32.1 Å². The van der Waals surface area contributed by atoms with Crippen LogP contribution in [0.25, 0.3) is 0 Å². The maximum atomic E-state index is 12.5. The molecule has 1 aliphatic rings. The van der Waals surface area contributed by atoms with Crippen LogP contribution in [0.3, 0.4) is 0 Å². The van der Waals surface area contributed by atoms with E-state index >= 15 is 0 Å². The second-order valence-corrected chi connectivity index (χ2v) is 5.23. The Morgan fingerprint density at radius 2 is 1.85 bits per heavy atom. The topological polar surface area (TPSA) is 76.3 Å². The third-order valence-corrected chi connectivity index (χ3v) is 3.63. The number of amides is 1. The van der Waals surface area contributed by atoms with Gasteiger partial charge in [-0.3, -0.25) is 14.9 Å². The third kappa shape index (κ3) is 3.45. The van der Waals surface area contributed by atoms with Gasteiger partial charge in [0.05, 0.1) is 4.92 Å². The van der Waals surface area contributed by atoms with Crippen LogP contribution < -0.4 is 0 Å². The molecule has 108 valence electrons. The molecule has 1 aromatic rings. The Balaban J connectivity index is 2.26. The van der Waals surface area contributed by atoms with E-state index in [1.807, 2.05) is 0 Å². The maximum absolute atomic E-state index is 12.5. The van der Waals surface area contributed by atoms with E-state index in [9.17, 15) is 14.9 Å². The maximum Gasteiger partial charge on any atom is 0.300 e. The van der Waals surface area contributed by atoms with Crippen molar-refractivity contribution in [2.75, 3.05) is 13.1 Å². The third-order valence-electron chi connectivity index (χ3n) is 3.42. The second-order valence-electron chi connectivity index (χ2n) is 4.84. The Labute approximate surface area is 121 Å². The Hall–Kier alpha value is -1.69. The van der Waals surface area contributed by atoms with Crippen LogP contribution in [-0.2, 0) is 0 Å². The predicted octanol–water partition coefficient (Wildman–Crippen LogP) is 3.05. The summed E-state index contributed by atoms with van der Waals surface area (Å²) in [4.78, 5) is 28.2. The first kappa shape index (κ1) is 14.7. The highest BCUT2D eigenvalue weighted by atomic mass is 35.5. The number of hydrogen-bond acceptors (Lipinski definition) is 4. The molecule has 0 radical (unpaired) electrons. The van der Waals surface area contributed by atoms with Gasteiger partial charge < -0.3 is 4.90 Å². The van der Waals surface area contributed by atoms with Gasteiger partial charge in [0.15, 0.2) is 0 Å². The molecule has 2 rings (SSSR count). The fourth-order valence-electron chi connectivity index (χ4n) is 2.36. The van der Waals surface area contributed by atoms with Crippen molar-refractivity contribution < 1.29 is 9.72 Å². The van der Waals surface area contributed by atoms with Crippen LogP contribution >= 0.6 is 11.6 Å². The summed E-state index contributed by atoms with van der Waals surface area (Å²) in [7, 11) is 0. The van der Waals surface area contributed by atoms with E-state index in [-0.39, 0.29) is 22.3 Å². The molecule has 0 N–H and O–H groups in total. The number of nitrogens with zero attached hydrogens (tertiary/aromatic N) is 3. The molecular weight excluding hydrogens is 282 g/mol. The number of carbonyl (C=O) groups is 1. The van der Waals surface area contributed by atoms with Crippen LogP contribution in [0, 0.1) is 10.1 Å². The van der Waals surface area contributed by atoms with Crippen LogP contribution in [0.4, 0.5) is 5.69 Å². The number of carbonyl (C=O) groups excluding carboxylic acids is 1. The monoisotopic (exact) mass is 297 g/mol. The van der Waals surface area contributed by atoms with Gasteiger partial charge in [0.2, 0.25) is 0 Å². The van der Waals surface area contributed by atoms with Crippen LogP contribution in [0.15, 0.2) is 12.3 Å². The summed E-state index contributed by atoms with van der Waals surface area (Å²) in [5, 5.41) is 11.1. The Bertz CT molecular complexity index is 514. The number of halogens is 1. The summed E-state index contributed by atoms with van der Waals surface area (Å²) in [6, 6.07) is 1.28. The van der Waals surface area contributed by atoms with Crippen LogP contribution in [0.5, 0.6) is 0 Å². The van der Waals surface area contributed by atoms with Crippen molar-refractivity contribution in [1.29, 1.82) is 0 Å². The van der Waals surface area contributed by atoms with Crippen molar-refractivity contribution in [3.8, 4) is 0 Å². The number of nitro groups is 1. The van der Waals surface area contributed by atoms with Gasteiger partial charge >= 0.3 is 0 Å². The summed E-state index contributed by atoms with van der Waals surface area (Å²) in [6.45, 7) is 1.27. The van der Waals surface area contributed by atoms with Crippen molar-refractivity contribution in [3.63, 3.8) is 0 Å². The van der Waals surface area contributed by atoms with Crippen molar-refractivity contribution >= 4 is 23.2 Å². The molecule has 0 aromatic carbocycles. The van der Waals surface area contributed by atoms with Gasteiger partial charge in [0.25, 0.3) is 11.6 Å². The van der Waals surface area contributed by atoms with Crippen molar-refractivity contribution in [1.82, 2.24) is 9.88 Å². The second kappa shape index (κ2) is 6.65. The van der Waals surface area contributed by atoms with Gasteiger partial charge in [0, 0.05) is 13.1 Å². The minimum atomic E-state index is -0.597. The number of rotatable bonds is 2. The molecule has 1 aromatic heterocycles. The van der Waals surface area contributed by atoms with Crippen LogP contribution in [0.1, 0.15) is 42.5 Å². The van der Waals surface area contributed by atoms with E-state index in [1.165, 1.54) is 12.5 Å². The van der Waals surface area contributed by atoms with Gasteiger partial charge in [-0.1, -0.05) is 30.9 Å². The highest BCUT2D eigenvalue weighted by Gasteiger charge is 2.25. The molecule has 2 heterocycles. The molecule has 0 saturated carbocycles. The molecule has 0 spiro atoms. The molecule has 1 aliphatic heterocycles. The lowest BCUT2D eigenvalue weighted by molar-refractivity contribution is -0.385. The zero-order chi connectivity index (χ0) is 14.5. The fourth-order valence-corrected chi connectivity index (χ4v) is 2.52. The zero-order valence-electron chi connectivity index (χ0n) is 11.0. The minimum absolute atomic E-state index is 0.0237. The van der Waals surface area contributed by atoms with E-state index in [4.69, 9.17) is 11.6 Å². The quantitative estimate of drug-likeness (QED) is 0.477. The van der Waals surface area contributed by atoms with Crippen LogP contribution in [0.2, 0.25) is 5.15 Å². The molecule has 1 fully saturated rings. The van der Waals surface area contributed by atoms with Gasteiger partial charge in [0.1, 0.15) is 16.9 Å². The van der Waals surface area contributed by atoms with Gasteiger partial charge in [-0.05, 0) is 18.9 Å². The lowest BCUT2D eigenvalue weighted by atomic mass is 10.1. The lowest BCUT2D eigenvalue weighted by Crippen LogP contribution is -2.34. The van der Waals surface area contributed by atoms with Crippen molar-refractivity contribution in [2.24, 2.45) is 0 Å². The smallest absolute Gasteiger partial charge is 0.300 e. The van der Waals surface area contributed by atoms with E-state index < -0.39 is 4.92 Å². The molecular formula is C13H16ClN3O3. The molecule has 0 atom stereocenters. The Kier molecular flexibility index (Phi) is 4.89. The normalized spacial score (nSPS) is 16.4. The van der Waals surface area contributed by atoms with E-state index in [0.717, 1.165) is 31.9 Å². The number of pyridine rings is 1. The molecule has 0 aliphatic carbocycles. The summed E-state index contributed by atoms with van der Waals surface area (Å²) >= 11 is 5.76. The SMILES string of the molecule is O=C(c1cc(Cl)ncc1[N+](=O)[O-])N1CCCCCCC1. The molecule has 1 saturated heterocycles. The molecule has 6 nitrogen and oxygen atoms in total. The summed E-state index contributed by atoms with van der Waals surface area (Å²) < 4.78 is 0. The van der Waals surface area contributed by atoms with Gasteiger partial charge in [-0.2, -0.15) is 0 Å². The zero-order valence-corrected chi connectivity index (χ0v) is 11.8. The van der Waals surface area contributed by atoms with E-state index in [2.05, 4.69) is 4.98 Å². The molecule has 7 heteroatoms. The van der Waals surface area contributed by atoms with Gasteiger partial charge in [-0.25, -0.2) is 4.98 Å². The lowest BCUT2D eigenvalue weighted by Gasteiger charge is -2.24. The Morgan fingerprint density at radius 3 is 2.45 bits per heavy atom. The van der Waals surface area contributed by atoms with E-state index in [1.54, 1.807) is 4.90 Å². The fraction of sp³-hybridized carbons (Fsp3) is 0.538. The molecule has 20 heavy (non-hydrogen) atoms. The average Bonchev–Trinajstić information content (AvgIpc) is 2.37. The first-order valence-electron chi connectivity index (χ1n) is 6.69. The number of aromatic nitrogens is 1. The highest BCUT2D eigenvalue weighted by molar-refractivity contribution is 6.29. The standard InChI is InChI=1S/C13H16ClN3O3/c14-12-8-10(11(9-15-12)17(19)20)13(18)16-6-4-2-1-3-5-7-16/h8-9H,1-7H2. The first-order valence-corrected chi connectivity index (χ1v) is 7.06. The largest absolute Gasteiger partial charge is 0.338 e. The molecule has 0 unspecified atom stereocenters. The highest BCUT2D eigenvalue weighted by Crippen LogP contribution is 2.23.